The maximum Gasteiger partial charge on any atom is 0.338 e. The van der Waals surface area contributed by atoms with Crippen LogP contribution in [0.4, 0.5) is 5.69 Å². The number of aryl methyl sites for hydroxylation is 1. The first-order chi connectivity index (χ1) is 12.9. The third kappa shape index (κ3) is 6.28. The van der Waals surface area contributed by atoms with Gasteiger partial charge in [0.1, 0.15) is 0 Å². The topological polar surface area (TPSA) is 112 Å². The first-order valence-electron chi connectivity index (χ1n) is 8.83. The van der Waals surface area contributed by atoms with Crippen LogP contribution in [-0.2, 0) is 16.0 Å². The third-order valence-electron chi connectivity index (χ3n) is 3.55. The molecule has 1 aromatic carbocycles. The molecule has 0 bridgehead atoms. The average molecular weight is 391 g/mol. The standard InChI is InChI=1S/C18H25N5O3S/c1-4-5-9-15-21-22-18(23(15)19)27-11-16(24)20-14-8-6-7-13(10-14)17(25)26-12(2)3/h6-8,10,12H,4-5,9,11,19H2,1-3H3,(H,20,24). The minimum absolute atomic E-state index is 0.129. The van der Waals surface area contributed by atoms with Crippen LogP contribution in [0.5, 0.6) is 0 Å². The zero-order chi connectivity index (χ0) is 19.8. The fourth-order valence-electron chi connectivity index (χ4n) is 2.24. The average Bonchev–Trinajstić information content (AvgIpc) is 2.97. The summed E-state index contributed by atoms with van der Waals surface area (Å²) in [6, 6.07) is 6.63. The molecule has 0 aliphatic rings. The Morgan fingerprint density at radius 2 is 2.11 bits per heavy atom. The van der Waals surface area contributed by atoms with Crippen LogP contribution in [0.2, 0.25) is 0 Å². The quantitative estimate of drug-likeness (QED) is 0.384. The number of ether oxygens (including phenoxy) is 1. The molecule has 0 unspecified atom stereocenters. The first-order valence-corrected chi connectivity index (χ1v) is 9.82. The van der Waals surface area contributed by atoms with E-state index in [0.29, 0.717) is 22.2 Å². The van der Waals surface area contributed by atoms with E-state index in [1.807, 2.05) is 0 Å². The second kappa shape index (κ2) is 9.96. The molecule has 1 aromatic heterocycles. The van der Waals surface area contributed by atoms with Crippen LogP contribution in [0.3, 0.4) is 0 Å². The number of aromatic nitrogens is 3. The Balaban J connectivity index is 1.91. The minimum atomic E-state index is -0.425. The molecule has 0 aliphatic heterocycles. The van der Waals surface area contributed by atoms with E-state index in [1.165, 1.54) is 16.4 Å². The van der Waals surface area contributed by atoms with Gasteiger partial charge in [-0.1, -0.05) is 31.2 Å². The highest BCUT2D eigenvalue weighted by Crippen LogP contribution is 2.17. The van der Waals surface area contributed by atoms with E-state index in [0.717, 1.165) is 19.3 Å². The SMILES string of the molecule is CCCCc1nnc(SCC(=O)Nc2cccc(C(=O)OC(C)C)c2)n1N. The Bertz CT molecular complexity index is 791. The van der Waals surface area contributed by atoms with Crippen LogP contribution in [0.15, 0.2) is 29.4 Å². The van der Waals surface area contributed by atoms with Gasteiger partial charge >= 0.3 is 5.97 Å². The number of hydrogen-bond acceptors (Lipinski definition) is 7. The summed E-state index contributed by atoms with van der Waals surface area (Å²) in [6.45, 7) is 5.66. The lowest BCUT2D eigenvalue weighted by molar-refractivity contribution is -0.113. The summed E-state index contributed by atoms with van der Waals surface area (Å²) in [7, 11) is 0. The van der Waals surface area contributed by atoms with Crippen LogP contribution in [0.25, 0.3) is 0 Å². The lowest BCUT2D eigenvalue weighted by atomic mass is 10.2. The van der Waals surface area contributed by atoms with Gasteiger partial charge in [0.15, 0.2) is 5.82 Å². The summed E-state index contributed by atoms with van der Waals surface area (Å²) in [4.78, 5) is 24.1. The molecular weight excluding hydrogens is 366 g/mol. The molecule has 0 radical (unpaired) electrons. The molecule has 2 rings (SSSR count). The molecule has 8 nitrogen and oxygen atoms in total. The Morgan fingerprint density at radius 3 is 2.81 bits per heavy atom. The summed E-state index contributed by atoms with van der Waals surface area (Å²) < 4.78 is 6.58. The Hall–Kier alpha value is -2.55. The van der Waals surface area contributed by atoms with Crippen molar-refractivity contribution in [2.45, 2.75) is 51.3 Å². The van der Waals surface area contributed by atoms with E-state index < -0.39 is 5.97 Å². The van der Waals surface area contributed by atoms with Gasteiger partial charge in [-0.2, -0.15) is 0 Å². The van der Waals surface area contributed by atoms with Crippen molar-refractivity contribution >= 4 is 29.3 Å². The molecule has 0 spiro atoms. The van der Waals surface area contributed by atoms with Gasteiger partial charge in [-0.05, 0) is 38.5 Å². The zero-order valence-electron chi connectivity index (χ0n) is 15.8. The number of nitrogens with zero attached hydrogens (tertiary/aromatic N) is 3. The molecule has 0 saturated heterocycles. The third-order valence-corrected chi connectivity index (χ3v) is 4.49. The van der Waals surface area contributed by atoms with Gasteiger partial charge in [-0.3, -0.25) is 4.79 Å². The number of esters is 1. The largest absolute Gasteiger partial charge is 0.459 e. The first kappa shape index (κ1) is 20.8. The van der Waals surface area contributed by atoms with Crippen molar-refractivity contribution in [2.75, 3.05) is 16.9 Å². The predicted molar refractivity (Wildman–Crippen MR) is 105 cm³/mol. The fourth-order valence-corrected chi connectivity index (χ4v) is 2.92. The highest BCUT2D eigenvalue weighted by Gasteiger charge is 2.13. The fraction of sp³-hybridized carbons (Fsp3) is 0.444. The van der Waals surface area contributed by atoms with Crippen molar-refractivity contribution in [3.8, 4) is 0 Å². The number of carbonyl (C=O) groups excluding carboxylic acids is 2. The van der Waals surface area contributed by atoms with E-state index in [2.05, 4.69) is 22.4 Å². The lowest BCUT2D eigenvalue weighted by Crippen LogP contribution is -2.17. The van der Waals surface area contributed by atoms with Gasteiger partial charge in [-0.15, -0.1) is 10.2 Å². The van der Waals surface area contributed by atoms with Crippen molar-refractivity contribution in [2.24, 2.45) is 0 Å². The number of anilines is 1. The van der Waals surface area contributed by atoms with Gasteiger partial charge in [0.25, 0.3) is 0 Å². The Morgan fingerprint density at radius 1 is 1.33 bits per heavy atom. The molecule has 146 valence electrons. The van der Waals surface area contributed by atoms with Crippen LogP contribution >= 0.6 is 11.8 Å². The van der Waals surface area contributed by atoms with Crippen LogP contribution in [0.1, 0.15) is 49.8 Å². The number of benzene rings is 1. The van der Waals surface area contributed by atoms with Crippen molar-refractivity contribution in [3.05, 3.63) is 35.7 Å². The zero-order valence-corrected chi connectivity index (χ0v) is 16.6. The molecule has 0 atom stereocenters. The summed E-state index contributed by atoms with van der Waals surface area (Å²) in [5, 5.41) is 11.3. The highest BCUT2D eigenvalue weighted by atomic mass is 32.2. The summed E-state index contributed by atoms with van der Waals surface area (Å²) >= 11 is 1.21. The Labute approximate surface area is 162 Å². The minimum Gasteiger partial charge on any atom is -0.459 e. The molecule has 0 aliphatic carbocycles. The number of unbranched alkanes of at least 4 members (excludes halogenated alkanes) is 1. The van der Waals surface area contributed by atoms with E-state index >= 15 is 0 Å². The molecule has 1 amide bonds. The maximum absolute atomic E-state index is 12.2. The van der Waals surface area contributed by atoms with Crippen molar-refractivity contribution in [3.63, 3.8) is 0 Å². The van der Waals surface area contributed by atoms with E-state index in [9.17, 15) is 9.59 Å². The van der Waals surface area contributed by atoms with Crippen LogP contribution in [0, 0.1) is 0 Å². The van der Waals surface area contributed by atoms with Crippen molar-refractivity contribution in [1.82, 2.24) is 14.9 Å². The Kier molecular flexibility index (Phi) is 7.66. The summed E-state index contributed by atoms with van der Waals surface area (Å²) in [5.41, 5.74) is 0.910. The van der Waals surface area contributed by atoms with Crippen LogP contribution in [-0.4, -0.2) is 38.6 Å². The number of rotatable bonds is 9. The molecule has 9 heteroatoms. The highest BCUT2D eigenvalue weighted by molar-refractivity contribution is 7.99. The number of nitrogen functional groups attached to an aromatic ring is 1. The maximum atomic E-state index is 12.2. The van der Waals surface area contributed by atoms with Gasteiger partial charge in [0.2, 0.25) is 11.1 Å². The number of nitrogens with two attached hydrogens (primary N) is 1. The number of amides is 1. The van der Waals surface area contributed by atoms with E-state index in [-0.39, 0.29) is 17.8 Å². The number of nitrogens with one attached hydrogen (secondary N) is 1. The molecule has 0 saturated carbocycles. The van der Waals surface area contributed by atoms with E-state index in [4.69, 9.17) is 10.6 Å². The number of hydrogen-bond donors (Lipinski definition) is 2. The lowest BCUT2D eigenvalue weighted by Gasteiger charge is -2.09. The van der Waals surface area contributed by atoms with Crippen molar-refractivity contribution < 1.29 is 14.3 Å². The molecule has 3 N–H and O–H groups in total. The predicted octanol–water partition coefficient (Wildman–Crippen LogP) is 2.63. The summed E-state index contributed by atoms with van der Waals surface area (Å²) in [5.74, 6) is 6.14. The number of carbonyl (C=O) groups is 2. The summed E-state index contributed by atoms with van der Waals surface area (Å²) in [6.07, 6.45) is 2.58. The molecule has 27 heavy (non-hydrogen) atoms. The van der Waals surface area contributed by atoms with Gasteiger partial charge in [-0.25, -0.2) is 9.47 Å². The monoisotopic (exact) mass is 391 g/mol. The molecular formula is C18H25N5O3S. The van der Waals surface area contributed by atoms with E-state index in [1.54, 1.807) is 38.1 Å². The van der Waals surface area contributed by atoms with Gasteiger partial charge in [0.05, 0.1) is 17.4 Å². The second-order valence-corrected chi connectivity index (χ2v) is 7.19. The molecule has 0 fully saturated rings. The smallest absolute Gasteiger partial charge is 0.338 e. The van der Waals surface area contributed by atoms with Crippen molar-refractivity contribution in [1.29, 1.82) is 0 Å². The van der Waals surface area contributed by atoms with Crippen LogP contribution < -0.4 is 11.2 Å². The van der Waals surface area contributed by atoms with Gasteiger partial charge < -0.3 is 15.9 Å². The molecule has 1 heterocycles. The normalized spacial score (nSPS) is 10.8. The van der Waals surface area contributed by atoms with Gasteiger partial charge in [0, 0.05) is 12.1 Å². The number of thioether (sulfide) groups is 1. The second-order valence-electron chi connectivity index (χ2n) is 6.24. The molecule has 2 aromatic rings.